The number of nitrogens with one attached hydrogen (secondary N) is 2. The molecule has 0 unspecified atom stereocenters. The monoisotopic (exact) mass is 488 g/mol. The van der Waals surface area contributed by atoms with E-state index in [0.29, 0.717) is 12.0 Å². The zero-order valence-corrected chi connectivity index (χ0v) is 21.6. The van der Waals surface area contributed by atoms with Crippen molar-refractivity contribution in [3.63, 3.8) is 0 Å². The number of nitrogens with two attached hydrogens (primary N) is 1. The van der Waals surface area contributed by atoms with E-state index in [0.717, 1.165) is 60.2 Å². The number of aliphatic hydroxyl groups excluding tert-OH is 1. The van der Waals surface area contributed by atoms with Gasteiger partial charge >= 0.3 is 0 Å². The first kappa shape index (κ1) is 25.9. The summed E-state index contributed by atoms with van der Waals surface area (Å²) in [6.07, 6.45) is 7.53. The molecule has 2 aromatic heterocycles. The Hall–Kier alpha value is -3.16. The number of hydrogen-bond acceptors (Lipinski definition) is 6. The normalized spacial score (nSPS) is 13.8. The molecule has 0 radical (unpaired) electrons. The first-order valence-electron chi connectivity index (χ1n) is 13.3. The minimum Gasteiger partial charge on any atom is -0.397 e. The smallest absolute Gasteiger partial charge is 0.222 e. The Labute approximate surface area is 214 Å². The van der Waals surface area contributed by atoms with E-state index in [9.17, 15) is 0 Å². The molecular weight excluding hydrogens is 448 g/mol. The van der Waals surface area contributed by atoms with Crippen molar-refractivity contribution in [2.75, 3.05) is 24.2 Å². The minimum atomic E-state index is 0.250. The van der Waals surface area contributed by atoms with Crippen LogP contribution in [0.4, 0.5) is 11.8 Å². The fourth-order valence-corrected chi connectivity index (χ4v) is 5.03. The van der Waals surface area contributed by atoms with Crippen LogP contribution in [0.3, 0.4) is 0 Å². The van der Waals surface area contributed by atoms with Crippen LogP contribution >= 0.6 is 0 Å². The predicted octanol–water partition coefficient (Wildman–Crippen LogP) is 5.46. The predicted molar refractivity (Wildman–Crippen MR) is 150 cm³/mol. The average molecular weight is 489 g/mol. The third-order valence-corrected chi connectivity index (χ3v) is 6.73. The largest absolute Gasteiger partial charge is 0.397 e. The molecule has 2 aromatic carbocycles. The minimum absolute atomic E-state index is 0.250. The van der Waals surface area contributed by atoms with E-state index in [1.807, 2.05) is 0 Å². The van der Waals surface area contributed by atoms with Gasteiger partial charge in [0.05, 0.1) is 5.52 Å². The molecule has 0 atom stereocenters. The molecule has 1 saturated carbocycles. The second-order valence-electron chi connectivity index (χ2n) is 9.51. The highest BCUT2D eigenvalue weighted by molar-refractivity contribution is 6.09. The molecule has 5 rings (SSSR count). The number of benzene rings is 2. The number of unbranched alkanes of at least 4 members (excludes halogenated alkanes) is 1. The molecule has 1 aliphatic rings. The molecular formula is C29H40N6O. The Kier molecular flexibility index (Phi) is 9.14. The molecule has 0 bridgehead atoms. The number of anilines is 2. The lowest BCUT2D eigenvalue weighted by Crippen LogP contribution is -2.25. The Morgan fingerprint density at radius 1 is 1.03 bits per heavy atom. The Morgan fingerprint density at radius 2 is 1.78 bits per heavy atom. The third kappa shape index (κ3) is 6.15. The number of nitrogen functional groups attached to an aromatic ring is 1. The van der Waals surface area contributed by atoms with Gasteiger partial charge in [-0.3, -0.25) is 0 Å². The SMILES string of the molecule is CCCCNc1nc(N)nc2c3ccccc3n(Cc3cccc(CNC4CCCC4)c3)c12.CCO. The van der Waals surface area contributed by atoms with E-state index in [1.165, 1.54) is 36.8 Å². The van der Waals surface area contributed by atoms with Crippen LogP contribution in [-0.2, 0) is 13.1 Å². The molecule has 192 valence electrons. The number of rotatable bonds is 9. The van der Waals surface area contributed by atoms with Gasteiger partial charge in [-0.15, -0.1) is 0 Å². The molecule has 0 amide bonds. The second-order valence-corrected chi connectivity index (χ2v) is 9.51. The maximum Gasteiger partial charge on any atom is 0.222 e. The van der Waals surface area contributed by atoms with Crippen LogP contribution < -0.4 is 16.4 Å². The van der Waals surface area contributed by atoms with Gasteiger partial charge in [-0.1, -0.05) is 68.7 Å². The number of para-hydroxylation sites is 1. The average Bonchev–Trinajstić information content (AvgIpc) is 3.51. The van der Waals surface area contributed by atoms with E-state index in [4.69, 9.17) is 10.8 Å². The molecule has 1 fully saturated rings. The molecule has 7 nitrogen and oxygen atoms in total. The number of hydrogen-bond donors (Lipinski definition) is 4. The molecule has 0 aliphatic heterocycles. The van der Waals surface area contributed by atoms with Crippen molar-refractivity contribution in [1.29, 1.82) is 0 Å². The van der Waals surface area contributed by atoms with E-state index < -0.39 is 0 Å². The van der Waals surface area contributed by atoms with Crippen molar-refractivity contribution >= 4 is 33.7 Å². The van der Waals surface area contributed by atoms with Gasteiger partial charge in [-0.05, 0) is 43.4 Å². The first-order chi connectivity index (χ1) is 17.6. The summed E-state index contributed by atoms with van der Waals surface area (Å²) in [4.78, 5) is 9.23. The van der Waals surface area contributed by atoms with Crippen LogP contribution in [0.5, 0.6) is 0 Å². The van der Waals surface area contributed by atoms with Gasteiger partial charge in [-0.25, -0.2) is 4.98 Å². The van der Waals surface area contributed by atoms with Crippen LogP contribution in [0.15, 0.2) is 48.5 Å². The highest BCUT2D eigenvalue weighted by Gasteiger charge is 2.18. The number of nitrogens with zero attached hydrogens (tertiary/aromatic N) is 3. The van der Waals surface area contributed by atoms with Crippen molar-refractivity contribution < 1.29 is 5.11 Å². The number of fused-ring (bicyclic) bond motifs is 3. The summed E-state index contributed by atoms with van der Waals surface area (Å²) in [6, 6.07) is 18.0. The van der Waals surface area contributed by atoms with Crippen molar-refractivity contribution in [3.8, 4) is 0 Å². The van der Waals surface area contributed by atoms with E-state index in [1.54, 1.807) is 6.92 Å². The van der Waals surface area contributed by atoms with E-state index >= 15 is 0 Å². The Balaban J connectivity index is 0.000000967. The lowest BCUT2D eigenvalue weighted by atomic mass is 10.1. The third-order valence-electron chi connectivity index (χ3n) is 6.73. The van der Waals surface area contributed by atoms with Crippen LogP contribution in [0.25, 0.3) is 21.9 Å². The zero-order valence-electron chi connectivity index (χ0n) is 21.6. The quantitative estimate of drug-likeness (QED) is 0.234. The summed E-state index contributed by atoms with van der Waals surface area (Å²) in [7, 11) is 0. The van der Waals surface area contributed by atoms with Crippen molar-refractivity contribution in [3.05, 3.63) is 59.7 Å². The zero-order chi connectivity index (χ0) is 25.3. The molecule has 7 heteroatoms. The fraction of sp³-hybridized carbons (Fsp3) is 0.448. The highest BCUT2D eigenvalue weighted by Crippen LogP contribution is 2.33. The highest BCUT2D eigenvalue weighted by atomic mass is 16.2. The lowest BCUT2D eigenvalue weighted by molar-refractivity contribution is 0.318. The van der Waals surface area contributed by atoms with Gasteiger partial charge in [-0.2, -0.15) is 4.98 Å². The summed E-state index contributed by atoms with van der Waals surface area (Å²) in [5, 5.41) is 15.9. The summed E-state index contributed by atoms with van der Waals surface area (Å²) < 4.78 is 2.34. The van der Waals surface area contributed by atoms with Crippen LogP contribution in [0, 0.1) is 0 Å². The lowest BCUT2D eigenvalue weighted by Gasteiger charge is -2.14. The van der Waals surface area contributed by atoms with Gasteiger partial charge < -0.3 is 26.0 Å². The molecule has 0 saturated heterocycles. The maximum atomic E-state index is 7.57. The van der Waals surface area contributed by atoms with Gasteiger partial charge in [0.25, 0.3) is 0 Å². The fourth-order valence-electron chi connectivity index (χ4n) is 5.03. The van der Waals surface area contributed by atoms with E-state index in [2.05, 4.69) is 80.6 Å². The molecule has 4 aromatic rings. The summed E-state index contributed by atoms with van der Waals surface area (Å²) in [5.41, 5.74) is 11.8. The van der Waals surface area contributed by atoms with Gasteiger partial charge in [0.1, 0.15) is 11.0 Å². The van der Waals surface area contributed by atoms with Gasteiger partial charge in [0.15, 0.2) is 5.82 Å². The van der Waals surface area contributed by atoms with Crippen LogP contribution in [0.2, 0.25) is 0 Å². The molecule has 5 N–H and O–H groups in total. The molecule has 2 heterocycles. The molecule has 1 aliphatic carbocycles. The Morgan fingerprint density at radius 3 is 2.56 bits per heavy atom. The second kappa shape index (κ2) is 12.7. The Bertz CT molecular complexity index is 1260. The summed E-state index contributed by atoms with van der Waals surface area (Å²) in [5.74, 6) is 1.13. The van der Waals surface area contributed by atoms with Crippen LogP contribution in [-0.4, -0.2) is 38.8 Å². The topological polar surface area (TPSA) is 101 Å². The molecule has 36 heavy (non-hydrogen) atoms. The number of aliphatic hydroxyl groups is 1. The van der Waals surface area contributed by atoms with E-state index in [-0.39, 0.29) is 6.61 Å². The van der Waals surface area contributed by atoms with Crippen molar-refractivity contribution in [2.45, 2.75) is 71.5 Å². The number of aromatic nitrogens is 3. The van der Waals surface area contributed by atoms with Crippen molar-refractivity contribution in [1.82, 2.24) is 19.9 Å². The maximum absolute atomic E-state index is 7.57. The summed E-state index contributed by atoms with van der Waals surface area (Å²) >= 11 is 0. The summed E-state index contributed by atoms with van der Waals surface area (Å²) in [6.45, 7) is 6.68. The first-order valence-corrected chi connectivity index (χ1v) is 13.3. The van der Waals surface area contributed by atoms with Gasteiger partial charge in [0.2, 0.25) is 5.95 Å². The van der Waals surface area contributed by atoms with Crippen molar-refractivity contribution in [2.24, 2.45) is 0 Å². The standard InChI is InChI=1S/C27H34N6.C2H6O/c1-2-3-15-29-26-25-24(31-27(28)32-26)22-13-6-7-14-23(22)33(25)18-20-10-8-9-19(16-20)17-30-21-11-4-5-12-21;1-2-3/h6-10,13-14,16,21,30H,2-5,11-12,15,17-18H2,1H3,(H3,28,29,31,32);3H,2H2,1H3. The molecule has 0 spiro atoms. The van der Waals surface area contributed by atoms with Crippen LogP contribution in [0.1, 0.15) is 63.5 Å². The van der Waals surface area contributed by atoms with Gasteiger partial charge in [0, 0.05) is 37.7 Å².